The lowest BCUT2D eigenvalue weighted by atomic mass is 10.2. The Morgan fingerprint density at radius 1 is 1.50 bits per heavy atom. The monoisotopic (exact) mass is 216 g/mol. The minimum absolute atomic E-state index is 0.0897. The first-order valence-electron chi connectivity index (χ1n) is 5.33. The Labute approximate surface area is 92.2 Å². The van der Waals surface area contributed by atoms with Gasteiger partial charge in [-0.1, -0.05) is 0 Å². The van der Waals surface area contributed by atoms with E-state index < -0.39 is 0 Å². The van der Waals surface area contributed by atoms with Crippen molar-refractivity contribution in [2.45, 2.75) is 18.8 Å². The maximum atomic E-state index is 11.5. The SMILES string of the molecule is Cn1nccc1-c1nc(C2CC2)cc(=O)[nH]1. The highest BCUT2D eigenvalue weighted by Crippen LogP contribution is 2.38. The number of hydrogen-bond donors (Lipinski definition) is 1. The molecule has 1 N–H and O–H groups in total. The van der Waals surface area contributed by atoms with Crippen LogP contribution >= 0.6 is 0 Å². The van der Waals surface area contributed by atoms with Crippen LogP contribution < -0.4 is 5.56 Å². The van der Waals surface area contributed by atoms with Gasteiger partial charge in [-0.25, -0.2) is 4.98 Å². The molecule has 3 rings (SSSR count). The van der Waals surface area contributed by atoms with Gasteiger partial charge in [0.15, 0.2) is 5.82 Å². The summed E-state index contributed by atoms with van der Waals surface area (Å²) in [6.45, 7) is 0. The average molecular weight is 216 g/mol. The molecular weight excluding hydrogens is 204 g/mol. The van der Waals surface area contributed by atoms with Crippen molar-refractivity contribution >= 4 is 0 Å². The zero-order valence-electron chi connectivity index (χ0n) is 8.97. The van der Waals surface area contributed by atoms with Crippen molar-refractivity contribution in [1.29, 1.82) is 0 Å². The van der Waals surface area contributed by atoms with Gasteiger partial charge in [0.05, 0.1) is 5.69 Å². The van der Waals surface area contributed by atoms with Gasteiger partial charge >= 0.3 is 0 Å². The molecule has 2 heterocycles. The molecule has 0 bridgehead atoms. The van der Waals surface area contributed by atoms with Crippen molar-refractivity contribution < 1.29 is 0 Å². The molecule has 16 heavy (non-hydrogen) atoms. The molecule has 0 atom stereocenters. The predicted octanol–water partition coefficient (Wildman–Crippen LogP) is 1.05. The minimum Gasteiger partial charge on any atom is -0.305 e. The molecule has 5 nitrogen and oxygen atoms in total. The van der Waals surface area contributed by atoms with Gasteiger partial charge < -0.3 is 4.98 Å². The van der Waals surface area contributed by atoms with E-state index in [9.17, 15) is 4.79 Å². The number of aromatic nitrogens is 4. The van der Waals surface area contributed by atoms with E-state index in [0.29, 0.717) is 11.7 Å². The van der Waals surface area contributed by atoms with Crippen LogP contribution in [0, 0.1) is 0 Å². The highest BCUT2D eigenvalue weighted by atomic mass is 16.1. The van der Waals surface area contributed by atoms with Crippen LogP contribution in [0.1, 0.15) is 24.5 Å². The first-order valence-corrected chi connectivity index (χ1v) is 5.33. The lowest BCUT2D eigenvalue weighted by Crippen LogP contribution is -2.11. The summed E-state index contributed by atoms with van der Waals surface area (Å²) >= 11 is 0. The van der Waals surface area contributed by atoms with Gasteiger partial charge in [-0.15, -0.1) is 0 Å². The number of aromatic amines is 1. The van der Waals surface area contributed by atoms with Crippen LogP contribution in [0.15, 0.2) is 23.1 Å². The van der Waals surface area contributed by atoms with E-state index in [2.05, 4.69) is 15.1 Å². The largest absolute Gasteiger partial charge is 0.305 e. The van der Waals surface area contributed by atoms with Crippen molar-refractivity contribution in [3.05, 3.63) is 34.4 Å². The number of aryl methyl sites for hydroxylation is 1. The molecule has 1 fully saturated rings. The second kappa shape index (κ2) is 3.30. The molecule has 0 unspecified atom stereocenters. The second-order valence-corrected chi connectivity index (χ2v) is 4.13. The first-order chi connectivity index (χ1) is 7.74. The molecule has 0 aromatic carbocycles. The third-order valence-electron chi connectivity index (χ3n) is 2.82. The van der Waals surface area contributed by atoms with E-state index in [1.54, 1.807) is 16.9 Å². The smallest absolute Gasteiger partial charge is 0.251 e. The minimum atomic E-state index is -0.0897. The van der Waals surface area contributed by atoms with E-state index in [1.165, 1.54) is 0 Å². The van der Waals surface area contributed by atoms with Crippen LogP contribution in [0.3, 0.4) is 0 Å². The van der Waals surface area contributed by atoms with E-state index in [0.717, 1.165) is 24.2 Å². The van der Waals surface area contributed by atoms with Gasteiger partial charge in [0.25, 0.3) is 5.56 Å². The van der Waals surface area contributed by atoms with Crippen LogP contribution in [0.5, 0.6) is 0 Å². The Kier molecular flexibility index (Phi) is 1.92. The van der Waals surface area contributed by atoms with Crippen molar-refractivity contribution in [1.82, 2.24) is 19.7 Å². The standard InChI is InChI=1S/C11H12N4O/c1-15-9(4-5-12-15)11-13-8(7-2-3-7)6-10(16)14-11/h4-7H,2-3H2,1H3,(H,13,14,16). The summed E-state index contributed by atoms with van der Waals surface area (Å²) in [6, 6.07) is 3.44. The molecule has 1 aliphatic carbocycles. The summed E-state index contributed by atoms with van der Waals surface area (Å²) in [6.07, 6.45) is 3.97. The van der Waals surface area contributed by atoms with Crippen molar-refractivity contribution in [2.24, 2.45) is 7.05 Å². The Morgan fingerprint density at radius 3 is 2.94 bits per heavy atom. The average Bonchev–Trinajstić information content (AvgIpc) is 3.01. The molecule has 2 aromatic rings. The number of rotatable bonds is 2. The van der Waals surface area contributed by atoms with Crippen LogP contribution in [0.25, 0.3) is 11.5 Å². The number of H-pyrrole nitrogens is 1. The molecule has 5 heteroatoms. The first kappa shape index (κ1) is 9.33. The van der Waals surface area contributed by atoms with E-state index in [4.69, 9.17) is 0 Å². The lowest BCUT2D eigenvalue weighted by Gasteiger charge is -2.03. The summed E-state index contributed by atoms with van der Waals surface area (Å²) < 4.78 is 1.70. The van der Waals surface area contributed by atoms with Gasteiger partial charge in [0, 0.05) is 25.2 Å². The summed E-state index contributed by atoms with van der Waals surface area (Å²) in [5.74, 6) is 1.09. The van der Waals surface area contributed by atoms with Crippen LogP contribution in [-0.2, 0) is 7.05 Å². The predicted molar refractivity (Wildman–Crippen MR) is 59.0 cm³/mol. The van der Waals surface area contributed by atoms with Crippen LogP contribution in [0.2, 0.25) is 0 Å². The summed E-state index contributed by atoms with van der Waals surface area (Å²) in [7, 11) is 1.83. The van der Waals surface area contributed by atoms with Crippen molar-refractivity contribution in [3.63, 3.8) is 0 Å². The Bertz CT molecular complexity index is 580. The summed E-state index contributed by atoms with van der Waals surface area (Å²) in [4.78, 5) is 18.8. The fraction of sp³-hybridized carbons (Fsp3) is 0.364. The topological polar surface area (TPSA) is 63.6 Å². The number of nitrogens with zero attached hydrogens (tertiary/aromatic N) is 3. The maximum Gasteiger partial charge on any atom is 0.251 e. The zero-order chi connectivity index (χ0) is 11.1. The van der Waals surface area contributed by atoms with Crippen LogP contribution in [0.4, 0.5) is 0 Å². The molecule has 1 aliphatic rings. The molecule has 0 spiro atoms. The highest BCUT2D eigenvalue weighted by Gasteiger charge is 2.26. The second-order valence-electron chi connectivity index (χ2n) is 4.13. The van der Waals surface area contributed by atoms with Gasteiger partial charge in [-0.2, -0.15) is 5.10 Å². The van der Waals surface area contributed by atoms with Crippen molar-refractivity contribution in [3.8, 4) is 11.5 Å². The fourth-order valence-corrected chi connectivity index (χ4v) is 1.79. The molecule has 0 saturated heterocycles. The van der Waals surface area contributed by atoms with Crippen molar-refractivity contribution in [2.75, 3.05) is 0 Å². The molecule has 0 aliphatic heterocycles. The lowest BCUT2D eigenvalue weighted by molar-refractivity contribution is 0.767. The molecule has 0 amide bonds. The quantitative estimate of drug-likeness (QED) is 0.816. The Hall–Kier alpha value is -1.91. The van der Waals surface area contributed by atoms with E-state index >= 15 is 0 Å². The number of hydrogen-bond acceptors (Lipinski definition) is 3. The molecule has 2 aromatic heterocycles. The molecule has 0 radical (unpaired) electrons. The third kappa shape index (κ3) is 1.54. The van der Waals surface area contributed by atoms with Gasteiger partial charge in [-0.05, 0) is 18.9 Å². The Balaban J connectivity index is 2.13. The number of nitrogens with one attached hydrogen (secondary N) is 1. The van der Waals surface area contributed by atoms with Gasteiger partial charge in [-0.3, -0.25) is 9.48 Å². The Morgan fingerprint density at radius 2 is 2.31 bits per heavy atom. The molecule has 1 saturated carbocycles. The normalized spacial score (nSPS) is 15.3. The van der Waals surface area contributed by atoms with Gasteiger partial charge in [0.1, 0.15) is 5.69 Å². The maximum absolute atomic E-state index is 11.5. The van der Waals surface area contributed by atoms with Crippen LogP contribution in [-0.4, -0.2) is 19.7 Å². The summed E-state index contributed by atoms with van der Waals surface area (Å²) in [5, 5.41) is 4.07. The van der Waals surface area contributed by atoms with E-state index in [1.807, 2.05) is 13.1 Å². The highest BCUT2D eigenvalue weighted by molar-refractivity contribution is 5.48. The fourth-order valence-electron chi connectivity index (χ4n) is 1.79. The molecular formula is C11H12N4O. The zero-order valence-corrected chi connectivity index (χ0v) is 8.97. The van der Waals surface area contributed by atoms with Gasteiger partial charge in [0.2, 0.25) is 0 Å². The third-order valence-corrected chi connectivity index (χ3v) is 2.82. The van der Waals surface area contributed by atoms with E-state index in [-0.39, 0.29) is 5.56 Å². The molecule has 82 valence electrons. The summed E-state index contributed by atoms with van der Waals surface area (Å²) in [5.41, 5.74) is 1.65.